The summed E-state index contributed by atoms with van der Waals surface area (Å²) in [4.78, 5) is 11.3. The molecule has 0 amide bonds. The molecule has 2 heteroatoms. The molecule has 0 unspecified atom stereocenters. The summed E-state index contributed by atoms with van der Waals surface area (Å²) in [5.74, 6) is 0.283. The highest BCUT2D eigenvalue weighted by Gasteiger charge is 2.44. The van der Waals surface area contributed by atoms with Crippen molar-refractivity contribution < 1.29 is 4.79 Å². The maximum atomic E-state index is 11.3. The second-order valence-electron chi connectivity index (χ2n) is 3.54. The van der Waals surface area contributed by atoms with Gasteiger partial charge in [0.05, 0.1) is 5.54 Å². The van der Waals surface area contributed by atoms with Crippen molar-refractivity contribution in [3.63, 3.8) is 0 Å². The van der Waals surface area contributed by atoms with Gasteiger partial charge in [-0.05, 0) is 19.3 Å². The fourth-order valence-corrected chi connectivity index (χ4v) is 1.20. The standard InChI is InChI=1S/C9H17NO/c1-2-3-4-5-8(11)9(10)6-7-9/h2-7,10H2,1H3. The van der Waals surface area contributed by atoms with E-state index in [2.05, 4.69) is 6.92 Å². The van der Waals surface area contributed by atoms with Gasteiger partial charge in [0.15, 0.2) is 5.78 Å². The predicted octanol–water partition coefficient (Wildman–Crippen LogP) is 1.63. The van der Waals surface area contributed by atoms with Gasteiger partial charge in [-0.1, -0.05) is 19.8 Å². The Kier molecular flexibility index (Phi) is 2.66. The molecule has 0 bridgehead atoms. The molecule has 2 nitrogen and oxygen atoms in total. The van der Waals surface area contributed by atoms with E-state index in [9.17, 15) is 4.79 Å². The van der Waals surface area contributed by atoms with Crippen molar-refractivity contribution in [1.29, 1.82) is 0 Å². The summed E-state index contributed by atoms with van der Waals surface area (Å²) in [5, 5.41) is 0. The van der Waals surface area contributed by atoms with Crippen molar-refractivity contribution in [2.45, 2.75) is 51.0 Å². The quantitative estimate of drug-likeness (QED) is 0.613. The zero-order valence-electron chi connectivity index (χ0n) is 7.23. The van der Waals surface area contributed by atoms with Crippen molar-refractivity contribution in [1.82, 2.24) is 0 Å². The van der Waals surface area contributed by atoms with Crippen LogP contribution in [0.1, 0.15) is 45.4 Å². The SMILES string of the molecule is CCCCCC(=O)C1(N)CC1. The molecule has 1 fully saturated rings. The Hall–Kier alpha value is -0.370. The number of hydrogen-bond donors (Lipinski definition) is 1. The molecule has 0 aromatic carbocycles. The minimum absolute atomic E-state index is 0.283. The van der Waals surface area contributed by atoms with Gasteiger partial charge < -0.3 is 5.73 Å². The molecular formula is C9H17NO. The Morgan fingerprint density at radius 2 is 2.09 bits per heavy atom. The van der Waals surface area contributed by atoms with Crippen LogP contribution in [0.4, 0.5) is 0 Å². The lowest BCUT2D eigenvalue weighted by Crippen LogP contribution is -2.32. The number of ketones is 1. The second-order valence-corrected chi connectivity index (χ2v) is 3.54. The first-order valence-electron chi connectivity index (χ1n) is 4.51. The van der Waals surface area contributed by atoms with Gasteiger partial charge in [0, 0.05) is 6.42 Å². The summed E-state index contributed by atoms with van der Waals surface area (Å²) in [5.41, 5.74) is 5.34. The second kappa shape index (κ2) is 3.35. The highest BCUT2D eigenvalue weighted by molar-refractivity contribution is 5.90. The molecule has 64 valence electrons. The molecule has 0 aromatic heterocycles. The largest absolute Gasteiger partial charge is 0.319 e. The lowest BCUT2D eigenvalue weighted by molar-refractivity contribution is -0.121. The van der Waals surface area contributed by atoms with Gasteiger partial charge >= 0.3 is 0 Å². The monoisotopic (exact) mass is 155 g/mol. The van der Waals surface area contributed by atoms with Crippen LogP contribution in [0.15, 0.2) is 0 Å². The molecule has 0 saturated heterocycles. The lowest BCUT2D eigenvalue weighted by atomic mass is 10.1. The van der Waals surface area contributed by atoms with E-state index in [0.29, 0.717) is 6.42 Å². The van der Waals surface area contributed by atoms with Crippen LogP contribution in [0.25, 0.3) is 0 Å². The summed E-state index contributed by atoms with van der Waals surface area (Å²) in [6.07, 6.45) is 5.88. The van der Waals surface area contributed by atoms with Gasteiger partial charge in [-0.2, -0.15) is 0 Å². The van der Waals surface area contributed by atoms with E-state index in [0.717, 1.165) is 25.7 Å². The molecule has 1 saturated carbocycles. The molecule has 11 heavy (non-hydrogen) atoms. The highest BCUT2D eigenvalue weighted by atomic mass is 16.1. The molecule has 0 aliphatic heterocycles. The van der Waals surface area contributed by atoms with Crippen LogP contribution in [0.2, 0.25) is 0 Å². The van der Waals surface area contributed by atoms with E-state index in [1.54, 1.807) is 0 Å². The fourth-order valence-electron chi connectivity index (χ4n) is 1.20. The van der Waals surface area contributed by atoms with Crippen LogP contribution in [0.3, 0.4) is 0 Å². The third-order valence-corrected chi connectivity index (χ3v) is 2.35. The Bertz CT molecular complexity index is 150. The summed E-state index contributed by atoms with van der Waals surface area (Å²) in [6, 6.07) is 0. The molecular weight excluding hydrogens is 138 g/mol. The number of unbranched alkanes of at least 4 members (excludes halogenated alkanes) is 2. The molecule has 0 radical (unpaired) electrons. The van der Waals surface area contributed by atoms with Crippen LogP contribution in [-0.2, 0) is 4.79 Å². The van der Waals surface area contributed by atoms with E-state index in [1.165, 1.54) is 6.42 Å². The summed E-state index contributed by atoms with van der Waals surface area (Å²) < 4.78 is 0. The van der Waals surface area contributed by atoms with Crippen LogP contribution in [-0.4, -0.2) is 11.3 Å². The minimum Gasteiger partial charge on any atom is -0.319 e. The average molecular weight is 155 g/mol. The number of Topliss-reactive ketones (excluding diaryl/α,β-unsaturated/α-hetero) is 1. The Morgan fingerprint density at radius 3 is 2.55 bits per heavy atom. The minimum atomic E-state index is -0.381. The number of nitrogens with two attached hydrogens (primary N) is 1. The third-order valence-electron chi connectivity index (χ3n) is 2.35. The van der Waals surface area contributed by atoms with Gasteiger partial charge in [-0.25, -0.2) is 0 Å². The number of carbonyl (C=O) groups is 1. The maximum absolute atomic E-state index is 11.3. The lowest BCUT2D eigenvalue weighted by Gasteiger charge is -2.05. The van der Waals surface area contributed by atoms with Gasteiger partial charge in [-0.15, -0.1) is 0 Å². The summed E-state index contributed by atoms with van der Waals surface area (Å²) in [7, 11) is 0. The first-order chi connectivity index (χ1) is 5.19. The highest BCUT2D eigenvalue weighted by Crippen LogP contribution is 2.34. The fraction of sp³-hybridized carbons (Fsp3) is 0.889. The van der Waals surface area contributed by atoms with Gasteiger partial charge in [0.25, 0.3) is 0 Å². The summed E-state index contributed by atoms with van der Waals surface area (Å²) >= 11 is 0. The number of carbonyl (C=O) groups excluding carboxylic acids is 1. The molecule has 2 N–H and O–H groups in total. The van der Waals surface area contributed by atoms with Crippen LogP contribution < -0.4 is 5.73 Å². The van der Waals surface area contributed by atoms with Crippen LogP contribution in [0.5, 0.6) is 0 Å². The smallest absolute Gasteiger partial charge is 0.152 e. The molecule has 0 heterocycles. The van der Waals surface area contributed by atoms with E-state index in [-0.39, 0.29) is 11.3 Å². The predicted molar refractivity (Wildman–Crippen MR) is 45.3 cm³/mol. The molecule has 1 rings (SSSR count). The van der Waals surface area contributed by atoms with Crippen molar-refractivity contribution >= 4 is 5.78 Å². The van der Waals surface area contributed by atoms with Gasteiger partial charge in [-0.3, -0.25) is 4.79 Å². The first-order valence-corrected chi connectivity index (χ1v) is 4.51. The van der Waals surface area contributed by atoms with Gasteiger partial charge in [0.1, 0.15) is 0 Å². The van der Waals surface area contributed by atoms with E-state index >= 15 is 0 Å². The number of hydrogen-bond acceptors (Lipinski definition) is 2. The van der Waals surface area contributed by atoms with E-state index in [1.807, 2.05) is 0 Å². The molecule has 0 spiro atoms. The van der Waals surface area contributed by atoms with E-state index in [4.69, 9.17) is 5.73 Å². The molecule has 1 aliphatic rings. The first kappa shape index (κ1) is 8.72. The van der Waals surface area contributed by atoms with Crippen molar-refractivity contribution in [3.05, 3.63) is 0 Å². The topological polar surface area (TPSA) is 43.1 Å². The van der Waals surface area contributed by atoms with Crippen LogP contribution >= 0.6 is 0 Å². The Balaban J connectivity index is 2.12. The summed E-state index contributed by atoms with van der Waals surface area (Å²) in [6.45, 7) is 2.14. The zero-order valence-corrected chi connectivity index (χ0v) is 7.23. The normalized spacial score (nSPS) is 19.8. The average Bonchev–Trinajstić information content (AvgIpc) is 2.70. The maximum Gasteiger partial charge on any atom is 0.152 e. The molecule has 0 aromatic rings. The Labute approximate surface area is 68.2 Å². The third kappa shape index (κ3) is 2.29. The van der Waals surface area contributed by atoms with Crippen molar-refractivity contribution in [3.8, 4) is 0 Å². The number of rotatable bonds is 5. The Morgan fingerprint density at radius 1 is 1.45 bits per heavy atom. The van der Waals surface area contributed by atoms with E-state index < -0.39 is 0 Å². The van der Waals surface area contributed by atoms with Crippen molar-refractivity contribution in [2.24, 2.45) is 5.73 Å². The zero-order chi connectivity index (χ0) is 8.32. The van der Waals surface area contributed by atoms with Crippen LogP contribution in [0, 0.1) is 0 Å². The van der Waals surface area contributed by atoms with Crippen molar-refractivity contribution in [2.75, 3.05) is 0 Å². The van der Waals surface area contributed by atoms with Gasteiger partial charge in [0.2, 0.25) is 0 Å². The molecule has 0 atom stereocenters. The molecule has 1 aliphatic carbocycles.